The number of nitrogens with two attached hydrogens (primary N) is 1. The molecule has 0 radical (unpaired) electrons. The Bertz CT molecular complexity index is 641. The molecule has 1 aromatic carbocycles. The highest BCUT2D eigenvalue weighted by Crippen LogP contribution is 2.13. The first-order valence-corrected chi connectivity index (χ1v) is 8.09. The van der Waals surface area contributed by atoms with Gasteiger partial charge >= 0.3 is 0 Å². The van der Waals surface area contributed by atoms with Crippen LogP contribution in [0, 0.1) is 13.8 Å². The normalized spacial score (nSPS) is 11.5. The summed E-state index contributed by atoms with van der Waals surface area (Å²) in [6, 6.07) is 10.2. The van der Waals surface area contributed by atoms with Crippen LogP contribution < -0.4 is 11.1 Å². The van der Waals surface area contributed by atoms with E-state index in [4.69, 9.17) is 5.73 Å². The van der Waals surface area contributed by atoms with Gasteiger partial charge in [-0.3, -0.25) is 0 Å². The lowest BCUT2D eigenvalue weighted by Crippen LogP contribution is -2.22. The first-order valence-electron chi connectivity index (χ1n) is 8.09. The third-order valence-corrected chi connectivity index (χ3v) is 3.49. The number of unbranched alkanes of at least 4 members (excludes halogenated alkanes) is 2. The Morgan fingerprint density at radius 3 is 2.35 bits per heavy atom. The molecule has 0 fully saturated rings. The molecule has 2 aromatic rings. The zero-order chi connectivity index (χ0) is 16.7. The third kappa shape index (κ3) is 5.70. The zero-order valence-electron chi connectivity index (χ0n) is 14.1. The largest absolute Gasteiger partial charge is 0.369 e. The Morgan fingerprint density at radius 2 is 1.74 bits per heavy atom. The van der Waals surface area contributed by atoms with Gasteiger partial charge in [-0.1, -0.05) is 31.9 Å². The molecule has 5 heteroatoms. The number of anilines is 1. The van der Waals surface area contributed by atoms with Crippen molar-refractivity contribution in [3.63, 3.8) is 0 Å². The van der Waals surface area contributed by atoms with Crippen LogP contribution in [0.2, 0.25) is 0 Å². The lowest BCUT2D eigenvalue weighted by Gasteiger charge is -2.07. The van der Waals surface area contributed by atoms with E-state index in [0.29, 0.717) is 5.95 Å². The van der Waals surface area contributed by atoms with Crippen LogP contribution in [0.4, 0.5) is 11.6 Å². The molecule has 0 unspecified atom stereocenters. The summed E-state index contributed by atoms with van der Waals surface area (Å²) in [5.41, 5.74) is 9.94. The number of rotatable bonds is 6. The molecule has 0 saturated heterocycles. The average molecular weight is 311 g/mol. The predicted molar refractivity (Wildman–Crippen MR) is 96.1 cm³/mol. The average Bonchev–Trinajstić information content (AvgIpc) is 2.48. The van der Waals surface area contributed by atoms with Crippen LogP contribution in [0.3, 0.4) is 0 Å². The van der Waals surface area contributed by atoms with E-state index < -0.39 is 0 Å². The molecule has 23 heavy (non-hydrogen) atoms. The van der Waals surface area contributed by atoms with Gasteiger partial charge in [0.1, 0.15) is 0 Å². The lowest BCUT2D eigenvalue weighted by molar-refractivity contribution is 0.717. The minimum atomic E-state index is 0.286. The SMILES string of the molecule is CCCCCc1ccc(NC(N)=Nc2nc(C)cc(C)n2)cc1. The second-order valence-corrected chi connectivity index (χ2v) is 5.73. The number of aryl methyl sites for hydroxylation is 3. The monoisotopic (exact) mass is 311 g/mol. The number of hydrogen-bond acceptors (Lipinski definition) is 3. The molecule has 122 valence electrons. The molecule has 1 aromatic heterocycles. The highest BCUT2D eigenvalue weighted by molar-refractivity contribution is 5.93. The van der Waals surface area contributed by atoms with E-state index in [1.54, 1.807) is 0 Å². The van der Waals surface area contributed by atoms with Crippen LogP contribution in [0.5, 0.6) is 0 Å². The van der Waals surface area contributed by atoms with Gasteiger partial charge in [0.05, 0.1) is 0 Å². The van der Waals surface area contributed by atoms with Gasteiger partial charge in [0.2, 0.25) is 5.96 Å². The molecule has 0 aliphatic heterocycles. The molecule has 2 rings (SSSR count). The summed E-state index contributed by atoms with van der Waals surface area (Å²) < 4.78 is 0. The summed E-state index contributed by atoms with van der Waals surface area (Å²) in [5, 5.41) is 3.07. The van der Waals surface area contributed by atoms with Gasteiger partial charge < -0.3 is 11.1 Å². The van der Waals surface area contributed by atoms with Gasteiger partial charge in [-0.05, 0) is 50.5 Å². The van der Waals surface area contributed by atoms with Gasteiger partial charge in [0.15, 0.2) is 0 Å². The second-order valence-electron chi connectivity index (χ2n) is 5.73. The maximum atomic E-state index is 5.93. The molecule has 0 aliphatic carbocycles. The molecule has 0 amide bonds. The van der Waals surface area contributed by atoms with Crippen LogP contribution in [0.15, 0.2) is 35.3 Å². The quantitative estimate of drug-likeness (QED) is 0.482. The van der Waals surface area contributed by atoms with Crippen molar-refractivity contribution >= 4 is 17.6 Å². The fourth-order valence-electron chi connectivity index (χ4n) is 2.37. The van der Waals surface area contributed by atoms with E-state index >= 15 is 0 Å². The van der Waals surface area contributed by atoms with Gasteiger partial charge in [-0.2, -0.15) is 4.99 Å². The van der Waals surface area contributed by atoms with Gasteiger partial charge in [-0.15, -0.1) is 0 Å². The summed E-state index contributed by atoms with van der Waals surface area (Å²) in [5.74, 6) is 0.664. The number of aliphatic imine (C=N–C) groups is 1. The molecule has 0 aliphatic rings. The summed E-state index contributed by atoms with van der Waals surface area (Å²) in [6.07, 6.45) is 4.87. The number of benzene rings is 1. The molecule has 1 heterocycles. The Kier molecular flexibility index (Phi) is 6.09. The van der Waals surface area contributed by atoms with Gasteiger partial charge in [0, 0.05) is 17.1 Å². The first-order chi connectivity index (χ1) is 11.1. The third-order valence-electron chi connectivity index (χ3n) is 3.49. The highest BCUT2D eigenvalue weighted by atomic mass is 15.2. The van der Waals surface area contributed by atoms with Crippen LogP contribution >= 0.6 is 0 Å². The number of nitrogens with zero attached hydrogens (tertiary/aromatic N) is 3. The van der Waals surface area contributed by atoms with Gasteiger partial charge in [-0.25, -0.2) is 9.97 Å². The Hall–Kier alpha value is -2.43. The van der Waals surface area contributed by atoms with Crippen LogP contribution in [0.1, 0.15) is 43.1 Å². The van der Waals surface area contributed by atoms with E-state index in [9.17, 15) is 0 Å². The maximum Gasteiger partial charge on any atom is 0.253 e. The van der Waals surface area contributed by atoms with Crippen molar-refractivity contribution in [2.75, 3.05) is 5.32 Å². The van der Waals surface area contributed by atoms with Crippen molar-refractivity contribution in [2.24, 2.45) is 10.7 Å². The fourth-order valence-corrected chi connectivity index (χ4v) is 2.37. The van der Waals surface area contributed by atoms with E-state index in [1.165, 1.54) is 24.8 Å². The lowest BCUT2D eigenvalue weighted by atomic mass is 10.1. The van der Waals surface area contributed by atoms with Crippen molar-refractivity contribution in [3.8, 4) is 0 Å². The van der Waals surface area contributed by atoms with Crippen LogP contribution in [-0.4, -0.2) is 15.9 Å². The summed E-state index contributed by atoms with van der Waals surface area (Å²) in [6.45, 7) is 6.04. The maximum absolute atomic E-state index is 5.93. The fraction of sp³-hybridized carbons (Fsp3) is 0.389. The summed E-state index contributed by atoms with van der Waals surface area (Å²) in [4.78, 5) is 12.7. The second kappa shape index (κ2) is 8.27. The van der Waals surface area contributed by atoms with Crippen molar-refractivity contribution in [1.29, 1.82) is 0 Å². The predicted octanol–water partition coefficient (Wildman–Crippen LogP) is 3.88. The smallest absolute Gasteiger partial charge is 0.253 e. The number of aromatic nitrogens is 2. The molecule has 0 atom stereocenters. The van der Waals surface area contributed by atoms with Gasteiger partial charge in [0.25, 0.3) is 5.95 Å². The molecular formula is C18H25N5. The highest BCUT2D eigenvalue weighted by Gasteiger charge is 2.01. The molecule has 0 spiro atoms. The van der Waals surface area contributed by atoms with E-state index in [-0.39, 0.29) is 5.96 Å². The topological polar surface area (TPSA) is 76.2 Å². The number of hydrogen-bond donors (Lipinski definition) is 2. The van der Waals surface area contributed by atoms with Crippen molar-refractivity contribution < 1.29 is 0 Å². The summed E-state index contributed by atoms with van der Waals surface area (Å²) >= 11 is 0. The molecule has 0 bridgehead atoms. The Morgan fingerprint density at radius 1 is 1.09 bits per heavy atom. The van der Waals surface area contributed by atoms with E-state index in [2.05, 4.69) is 39.3 Å². The van der Waals surface area contributed by atoms with Crippen molar-refractivity contribution in [1.82, 2.24) is 9.97 Å². The van der Waals surface area contributed by atoms with Crippen LogP contribution in [0.25, 0.3) is 0 Å². The summed E-state index contributed by atoms with van der Waals surface area (Å²) in [7, 11) is 0. The number of nitrogens with one attached hydrogen (secondary N) is 1. The molecule has 3 N–H and O–H groups in total. The Balaban J connectivity index is 1.99. The Labute approximate surface area is 138 Å². The molecule has 0 saturated carbocycles. The van der Waals surface area contributed by atoms with Crippen LogP contribution in [-0.2, 0) is 6.42 Å². The molecule has 5 nitrogen and oxygen atoms in total. The van der Waals surface area contributed by atoms with Crippen molar-refractivity contribution in [3.05, 3.63) is 47.3 Å². The van der Waals surface area contributed by atoms with E-state index in [0.717, 1.165) is 23.5 Å². The minimum Gasteiger partial charge on any atom is -0.369 e. The van der Waals surface area contributed by atoms with Crippen molar-refractivity contribution in [2.45, 2.75) is 46.5 Å². The zero-order valence-corrected chi connectivity index (χ0v) is 14.1. The first kappa shape index (κ1) is 16.9. The number of guanidine groups is 1. The molecular weight excluding hydrogens is 286 g/mol. The standard InChI is InChI=1S/C18H25N5/c1-4-5-6-7-15-8-10-16(11-9-15)22-17(19)23-18-20-13(2)12-14(3)21-18/h8-12H,4-7H2,1-3H3,(H3,19,20,21,22,23). The van der Waals surface area contributed by atoms with E-state index in [1.807, 2.05) is 32.0 Å². The minimum absolute atomic E-state index is 0.286.